The number of hydrogen-bond acceptors (Lipinski definition) is 5. The standard InChI is InChI=1S/C20H20N4O2/c1-12-21-16-11-15-17-13(18(16)22-12)5-4-6-14(17)19(25)24(20(15)26)10-9-23-7-2-3-8-23/h4-6,11,26H,2-3,7-10H2,1H3. The molecule has 0 amide bonds. The summed E-state index contributed by atoms with van der Waals surface area (Å²) >= 11 is 0. The molecular weight excluding hydrogens is 328 g/mol. The number of aromatic nitrogens is 1. The van der Waals surface area contributed by atoms with Gasteiger partial charge in [0.25, 0.3) is 5.56 Å². The molecule has 0 bridgehead atoms. The molecule has 0 spiro atoms. The van der Waals surface area contributed by atoms with Crippen molar-refractivity contribution < 1.29 is 5.11 Å². The molecule has 3 aromatic rings. The van der Waals surface area contributed by atoms with Gasteiger partial charge in [-0.2, -0.15) is 0 Å². The molecule has 1 fully saturated rings. The first-order valence-corrected chi connectivity index (χ1v) is 9.11. The van der Waals surface area contributed by atoms with E-state index in [1.165, 1.54) is 17.4 Å². The van der Waals surface area contributed by atoms with Crippen LogP contribution in [0.4, 0.5) is 5.69 Å². The van der Waals surface area contributed by atoms with E-state index in [0.717, 1.165) is 41.5 Å². The second-order valence-electron chi connectivity index (χ2n) is 7.12. The zero-order valence-electron chi connectivity index (χ0n) is 14.7. The molecule has 2 aromatic carbocycles. The number of hydrogen-bond donors (Lipinski definition) is 1. The Morgan fingerprint density at radius 3 is 2.65 bits per heavy atom. The molecule has 1 aromatic heterocycles. The van der Waals surface area contributed by atoms with Crippen LogP contribution in [0, 0.1) is 0 Å². The first-order valence-electron chi connectivity index (χ1n) is 9.11. The summed E-state index contributed by atoms with van der Waals surface area (Å²) in [7, 11) is 0. The van der Waals surface area contributed by atoms with Gasteiger partial charge in [0.05, 0.1) is 11.0 Å². The zero-order chi connectivity index (χ0) is 17.8. The van der Waals surface area contributed by atoms with Gasteiger partial charge in [0.1, 0.15) is 5.84 Å². The maximum atomic E-state index is 13.1. The van der Waals surface area contributed by atoms with Crippen molar-refractivity contribution in [2.75, 3.05) is 19.6 Å². The lowest BCUT2D eigenvalue weighted by Crippen LogP contribution is -2.29. The lowest BCUT2D eigenvalue weighted by Gasteiger charge is -2.18. The van der Waals surface area contributed by atoms with Crippen LogP contribution in [0.25, 0.3) is 21.5 Å². The summed E-state index contributed by atoms with van der Waals surface area (Å²) in [5, 5.41) is 14.6. The van der Waals surface area contributed by atoms with Crippen molar-refractivity contribution in [2.24, 2.45) is 9.98 Å². The Morgan fingerprint density at radius 1 is 1.08 bits per heavy atom. The molecule has 0 radical (unpaired) electrons. The summed E-state index contributed by atoms with van der Waals surface area (Å²) in [5.74, 6) is 0.722. The topological polar surface area (TPSA) is 70.2 Å². The van der Waals surface area contributed by atoms with Crippen LogP contribution in [-0.4, -0.2) is 40.0 Å². The van der Waals surface area contributed by atoms with E-state index in [2.05, 4.69) is 14.9 Å². The summed E-state index contributed by atoms with van der Waals surface area (Å²) < 4.78 is 1.50. The Hall–Kier alpha value is -2.73. The van der Waals surface area contributed by atoms with Crippen LogP contribution in [0.15, 0.2) is 39.0 Å². The highest BCUT2D eigenvalue weighted by atomic mass is 16.3. The van der Waals surface area contributed by atoms with Gasteiger partial charge >= 0.3 is 0 Å². The van der Waals surface area contributed by atoms with Gasteiger partial charge in [0, 0.05) is 34.6 Å². The van der Waals surface area contributed by atoms with Crippen LogP contribution >= 0.6 is 0 Å². The highest BCUT2D eigenvalue weighted by molar-refractivity contribution is 6.13. The van der Waals surface area contributed by atoms with Crippen molar-refractivity contribution in [2.45, 2.75) is 26.3 Å². The van der Waals surface area contributed by atoms with E-state index in [0.29, 0.717) is 23.2 Å². The molecule has 6 nitrogen and oxygen atoms in total. The molecule has 0 unspecified atom stereocenters. The van der Waals surface area contributed by atoms with Crippen molar-refractivity contribution in [1.82, 2.24) is 9.47 Å². The zero-order valence-corrected chi connectivity index (χ0v) is 14.7. The van der Waals surface area contributed by atoms with E-state index in [4.69, 9.17) is 0 Å². The Labute approximate surface area is 150 Å². The molecule has 2 aliphatic rings. The van der Waals surface area contributed by atoms with Crippen molar-refractivity contribution in [3.63, 3.8) is 0 Å². The van der Waals surface area contributed by atoms with Gasteiger partial charge in [-0.05, 0) is 45.0 Å². The molecule has 5 rings (SSSR count). The lowest BCUT2D eigenvalue weighted by atomic mass is 10.0. The molecule has 0 aliphatic carbocycles. The maximum absolute atomic E-state index is 13.1. The quantitative estimate of drug-likeness (QED) is 0.790. The SMILES string of the molecule is CC1=Nc2cc3c(O)n(CCN4CCCC4)c(=O)c4cccc(c2=N1)c34. The Bertz CT molecular complexity index is 1190. The number of rotatable bonds is 3. The van der Waals surface area contributed by atoms with Gasteiger partial charge in [-0.3, -0.25) is 9.36 Å². The van der Waals surface area contributed by atoms with Crippen LogP contribution < -0.4 is 10.9 Å². The van der Waals surface area contributed by atoms with Gasteiger partial charge in [-0.15, -0.1) is 0 Å². The highest BCUT2D eigenvalue weighted by Gasteiger charge is 2.20. The number of aromatic hydroxyl groups is 1. The molecule has 3 heterocycles. The molecule has 1 saturated heterocycles. The van der Waals surface area contributed by atoms with Gasteiger partial charge in [-0.1, -0.05) is 12.1 Å². The summed E-state index contributed by atoms with van der Waals surface area (Å²) in [6.07, 6.45) is 2.41. The summed E-state index contributed by atoms with van der Waals surface area (Å²) in [5.41, 5.74) is 0.609. The summed E-state index contributed by atoms with van der Waals surface area (Å²) in [6.45, 7) is 5.25. The average molecular weight is 348 g/mol. The van der Waals surface area contributed by atoms with E-state index in [-0.39, 0.29) is 11.4 Å². The molecular formula is C20H20N4O2. The third kappa shape index (κ3) is 2.18. The maximum Gasteiger partial charge on any atom is 0.261 e. The second-order valence-corrected chi connectivity index (χ2v) is 7.12. The van der Waals surface area contributed by atoms with E-state index in [1.807, 2.05) is 31.2 Å². The molecule has 132 valence electrons. The molecule has 1 N–H and O–H groups in total. The van der Waals surface area contributed by atoms with Crippen LogP contribution in [-0.2, 0) is 6.54 Å². The number of aliphatic imine (C=N–C) groups is 1. The first-order chi connectivity index (χ1) is 12.6. The minimum Gasteiger partial charge on any atom is -0.494 e. The van der Waals surface area contributed by atoms with Gasteiger partial charge in [0.15, 0.2) is 0 Å². The third-order valence-electron chi connectivity index (χ3n) is 5.48. The largest absolute Gasteiger partial charge is 0.494 e. The second kappa shape index (κ2) is 5.64. The molecule has 2 aliphatic heterocycles. The molecule has 6 heteroatoms. The minimum atomic E-state index is -0.143. The number of benzene rings is 2. The van der Waals surface area contributed by atoms with E-state index in [9.17, 15) is 9.90 Å². The van der Waals surface area contributed by atoms with Crippen LogP contribution in [0.1, 0.15) is 19.8 Å². The number of pyridine rings is 1. The lowest BCUT2D eigenvalue weighted by molar-refractivity contribution is 0.308. The predicted octanol–water partition coefficient (Wildman–Crippen LogP) is 2.36. The van der Waals surface area contributed by atoms with E-state index < -0.39 is 0 Å². The monoisotopic (exact) mass is 348 g/mol. The fourth-order valence-corrected chi connectivity index (χ4v) is 4.22. The third-order valence-corrected chi connectivity index (χ3v) is 5.48. The van der Waals surface area contributed by atoms with E-state index >= 15 is 0 Å². The average Bonchev–Trinajstić information content (AvgIpc) is 3.28. The van der Waals surface area contributed by atoms with E-state index in [1.54, 1.807) is 0 Å². The Balaban J connectivity index is 1.75. The van der Waals surface area contributed by atoms with Gasteiger partial charge in [-0.25, -0.2) is 9.98 Å². The first kappa shape index (κ1) is 15.5. The van der Waals surface area contributed by atoms with Crippen LogP contribution in [0.2, 0.25) is 0 Å². The number of nitrogens with zero attached hydrogens (tertiary/aromatic N) is 4. The number of amidine groups is 1. The summed E-state index contributed by atoms with van der Waals surface area (Å²) in [4.78, 5) is 24.4. The number of fused-ring (bicyclic) bond motifs is 2. The smallest absolute Gasteiger partial charge is 0.261 e. The number of likely N-dealkylation sites (tertiary alicyclic amines) is 1. The highest BCUT2D eigenvalue weighted by Crippen LogP contribution is 2.33. The van der Waals surface area contributed by atoms with Crippen molar-refractivity contribution in [3.05, 3.63) is 40.0 Å². The molecule has 0 saturated carbocycles. The Kier molecular flexibility index (Phi) is 3.37. The minimum absolute atomic E-state index is 0.0282. The van der Waals surface area contributed by atoms with Crippen molar-refractivity contribution >= 4 is 33.1 Å². The van der Waals surface area contributed by atoms with Crippen molar-refractivity contribution in [3.8, 4) is 5.88 Å². The van der Waals surface area contributed by atoms with Gasteiger partial charge in [0.2, 0.25) is 5.88 Å². The van der Waals surface area contributed by atoms with Gasteiger partial charge < -0.3 is 10.0 Å². The summed E-state index contributed by atoms with van der Waals surface area (Å²) in [6, 6.07) is 7.51. The fraction of sp³-hybridized carbons (Fsp3) is 0.350. The van der Waals surface area contributed by atoms with Crippen molar-refractivity contribution in [1.29, 1.82) is 0 Å². The normalized spacial score (nSPS) is 17.0. The molecule has 26 heavy (non-hydrogen) atoms. The Morgan fingerprint density at radius 2 is 1.85 bits per heavy atom. The fourth-order valence-electron chi connectivity index (χ4n) is 4.22. The van der Waals surface area contributed by atoms with Crippen LogP contribution in [0.5, 0.6) is 5.88 Å². The predicted molar refractivity (Wildman–Crippen MR) is 103 cm³/mol. The van der Waals surface area contributed by atoms with Crippen LogP contribution in [0.3, 0.4) is 0 Å². The molecule has 0 atom stereocenters.